The van der Waals surface area contributed by atoms with Gasteiger partial charge < -0.3 is 19.9 Å². The van der Waals surface area contributed by atoms with Gasteiger partial charge >= 0.3 is 0 Å². The molecule has 0 spiro atoms. The summed E-state index contributed by atoms with van der Waals surface area (Å²) in [5.74, 6) is 0.876. The van der Waals surface area contributed by atoms with Crippen molar-refractivity contribution in [1.29, 1.82) is 0 Å². The van der Waals surface area contributed by atoms with E-state index in [4.69, 9.17) is 4.74 Å². The van der Waals surface area contributed by atoms with Crippen molar-refractivity contribution in [3.05, 3.63) is 84.4 Å². The zero-order valence-corrected chi connectivity index (χ0v) is 20.2. The minimum Gasteiger partial charge on any atom is -0.497 e. The van der Waals surface area contributed by atoms with Crippen LogP contribution < -0.4 is 15.0 Å². The maximum absolute atomic E-state index is 13.5. The van der Waals surface area contributed by atoms with Gasteiger partial charge in [0.2, 0.25) is 0 Å². The number of hydrogen-bond donors (Lipinski definition) is 1. The minimum atomic E-state index is -0.343. The Morgan fingerprint density at radius 2 is 1.81 bits per heavy atom. The van der Waals surface area contributed by atoms with Crippen molar-refractivity contribution in [2.45, 2.75) is 0 Å². The number of nitrogens with one attached hydrogen (secondary N) is 1. The van der Waals surface area contributed by atoms with Crippen molar-refractivity contribution in [2.24, 2.45) is 0 Å². The Bertz CT molecular complexity index is 1350. The number of halogens is 1. The molecule has 0 unspecified atom stereocenters. The third kappa shape index (κ3) is 5.06. The summed E-state index contributed by atoms with van der Waals surface area (Å²) in [7, 11) is 3.70. The Kier molecular flexibility index (Phi) is 6.64. The fourth-order valence-corrected chi connectivity index (χ4v) is 4.13. The molecule has 1 aliphatic heterocycles. The van der Waals surface area contributed by atoms with Crippen LogP contribution in [0.3, 0.4) is 0 Å². The fraction of sp³-hybridized carbons (Fsp3) is 0.222. The van der Waals surface area contributed by atoms with E-state index in [-0.39, 0.29) is 11.7 Å². The molecule has 0 bridgehead atoms. The summed E-state index contributed by atoms with van der Waals surface area (Å²) in [5.41, 5.74) is 2.80. The number of methoxy groups -OCH3 is 1. The quantitative estimate of drug-likeness (QED) is 0.443. The van der Waals surface area contributed by atoms with Gasteiger partial charge in [0.05, 0.1) is 30.2 Å². The molecule has 8 nitrogen and oxygen atoms in total. The molecule has 0 aliphatic carbocycles. The molecule has 3 heterocycles. The van der Waals surface area contributed by atoms with E-state index in [2.05, 4.69) is 32.2 Å². The van der Waals surface area contributed by atoms with Crippen LogP contribution in [0, 0.1) is 5.82 Å². The van der Waals surface area contributed by atoms with Gasteiger partial charge in [-0.15, -0.1) is 0 Å². The summed E-state index contributed by atoms with van der Waals surface area (Å²) in [5, 5.41) is 7.59. The van der Waals surface area contributed by atoms with E-state index in [1.165, 1.54) is 12.1 Å². The highest BCUT2D eigenvalue weighted by Gasteiger charge is 2.20. The van der Waals surface area contributed by atoms with Crippen molar-refractivity contribution in [3.63, 3.8) is 0 Å². The number of benzene rings is 2. The van der Waals surface area contributed by atoms with Crippen LogP contribution in [0.2, 0.25) is 0 Å². The SMILES string of the molecule is COc1cccc(-c2nn(-c3ccc(F)cc3)cc2C(=O)Nc2ccc(N3CCN(C)CC3)nc2)c1. The molecule has 0 atom stereocenters. The van der Waals surface area contributed by atoms with Crippen LogP contribution in [0.25, 0.3) is 16.9 Å². The first-order valence-corrected chi connectivity index (χ1v) is 11.7. The molecule has 184 valence electrons. The van der Waals surface area contributed by atoms with Crippen LogP contribution in [0.15, 0.2) is 73.1 Å². The number of carbonyl (C=O) groups excluding carboxylic acids is 1. The summed E-state index contributed by atoms with van der Waals surface area (Å²) in [6, 6.07) is 17.1. The van der Waals surface area contributed by atoms with E-state index >= 15 is 0 Å². The first-order chi connectivity index (χ1) is 17.5. The predicted octanol–water partition coefficient (Wildman–Crippen LogP) is 4.09. The highest BCUT2D eigenvalue weighted by Crippen LogP contribution is 2.28. The van der Waals surface area contributed by atoms with Crippen LogP contribution in [-0.2, 0) is 0 Å². The van der Waals surface area contributed by atoms with Crippen molar-refractivity contribution in [1.82, 2.24) is 19.7 Å². The van der Waals surface area contributed by atoms with E-state index in [9.17, 15) is 9.18 Å². The van der Waals surface area contributed by atoms with Gasteiger partial charge in [-0.1, -0.05) is 12.1 Å². The van der Waals surface area contributed by atoms with E-state index in [0.29, 0.717) is 28.4 Å². The van der Waals surface area contributed by atoms with Crippen molar-refractivity contribution in [2.75, 3.05) is 50.6 Å². The maximum atomic E-state index is 13.5. The van der Waals surface area contributed by atoms with E-state index < -0.39 is 0 Å². The maximum Gasteiger partial charge on any atom is 0.259 e. The lowest BCUT2D eigenvalue weighted by Gasteiger charge is -2.33. The lowest BCUT2D eigenvalue weighted by Crippen LogP contribution is -2.44. The number of aromatic nitrogens is 3. The van der Waals surface area contributed by atoms with Crippen molar-refractivity contribution >= 4 is 17.4 Å². The van der Waals surface area contributed by atoms with Crippen LogP contribution in [-0.4, -0.2) is 65.9 Å². The number of rotatable bonds is 6. The summed E-state index contributed by atoms with van der Waals surface area (Å²) in [4.78, 5) is 22.5. The molecule has 2 aromatic carbocycles. The Balaban J connectivity index is 1.42. The second kappa shape index (κ2) is 10.2. The van der Waals surface area contributed by atoms with E-state index in [0.717, 1.165) is 37.6 Å². The molecule has 1 fully saturated rings. The fourth-order valence-electron chi connectivity index (χ4n) is 4.13. The van der Waals surface area contributed by atoms with Gasteiger partial charge in [-0.2, -0.15) is 5.10 Å². The van der Waals surface area contributed by atoms with Crippen molar-refractivity contribution in [3.8, 4) is 22.7 Å². The molecular weight excluding hydrogens is 459 g/mol. The summed E-state index contributed by atoms with van der Waals surface area (Å²) in [6.07, 6.45) is 3.31. The third-order valence-corrected chi connectivity index (χ3v) is 6.23. The normalized spacial score (nSPS) is 14.0. The molecule has 9 heteroatoms. The molecule has 2 aromatic heterocycles. The lowest BCUT2D eigenvalue weighted by atomic mass is 10.1. The number of likely N-dealkylation sites (N-methyl/N-ethyl adjacent to an activating group) is 1. The predicted molar refractivity (Wildman–Crippen MR) is 137 cm³/mol. The summed E-state index contributed by atoms with van der Waals surface area (Å²) >= 11 is 0. The van der Waals surface area contributed by atoms with Crippen LogP contribution in [0.1, 0.15) is 10.4 Å². The largest absolute Gasteiger partial charge is 0.497 e. The lowest BCUT2D eigenvalue weighted by molar-refractivity contribution is 0.102. The minimum absolute atomic E-state index is 0.324. The van der Waals surface area contributed by atoms with E-state index in [1.54, 1.807) is 36.3 Å². The number of carbonyl (C=O) groups is 1. The van der Waals surface area contributed by atoms with Crippen molar-refractivity contribution < 1.29 is 13.9 Å². The Morgan fingerprint density at radius 3 is 2.50 bits per heavy atom. The van der Waals surface area contributed by atoms with Crippen LogP contribution in [0.5, 0.6) is 5.75 Å². The smallest absolute Gasteiger partial charge is 0.259 e. The molecule has 0 radical (unpaired) electrons. The van der Waals surface area contributed by atoms with Crippen LogP contribution in [0.4, 0.5) is 15.9 Å². The summed E-state index contributed by atoms with van der Waals surface area (Å²) in [6.45, 7) is 3.82. The molecule has 0 saturated carbocycles. The summed E-state index contributed by atoms with van der Waals surface area (Å²) < 4.78 is 20.4. The average Bonchev–Trinajstić information content (AvgIpc) is 3.36. The number of anilines is 2. The molecule has 1 amide bonds. The van der Waals surface area contributed by atoms with E-state index in [1.807, 2.05) is 36.4 Å². The number of pyridine rings is 1. The standard InChI is InChI=1S/C27H27FN6O2/c1-32-12-14-33(15-13-32)25-11-8-21(17-29-25)30-27(35)24-18-34(22-9-6-20(28)7-10-22)31-26(24)19-4-3-5-23(16-19)36-2/h3-11,16-18H,12-15H2,1-2H3,(H,30,35). The van der Waals surface area contributed by atoms with Gasteiger partial charge in [-0.3, -0.25) is 4.79 Å². The molecule has 1 aliphatic rings. The highest BCUT2D eigenvalue weighted by atomic mass is 19.1. The van der Waals surface area contributed by atoms with Gasteiger partial charge in [-0.25, -0.2) is 14.1 Å². The first-order valence-electron chi connectivity index (χ1n) is 11.7. The molecule has 4 aromatic rings. The second-order valence-corrected chi connectivity index (χ2v) is 8.69. The number of amides is 1. The Morgan fingerprint density at radius 1 is 1.03 bits per heavy atom. The molecular formula is C27H27FN6O2. The van der Waals surface area contributed by atoms with Gasteiger partial charge in [0.15, 0.2) is 0 Å². The van der Waals surface area contributed by atoms with Gasteiger partial charge in [-0.05, 0) is 55.6 Å². The third-order valence-electron chi connectivity index (χ3n) is 6.23. The first kappa shape index (κ1) is 23.5. The molecule has 5 rings (SSSR count). The Labute approximate surface area is 208 Å². The Hall–Kier alpha value is -4.24. The number of hydrogen-bond acceptors (Lipinski definition) is 6. The van der Waals surface area contributed by atoms with Crippen LogP contribution >= 0.6 is 0 Å². The number of nitrogens with zero attached hydrogens (tertiary/aromatic N) is 5. The zero-order chi connectivity index (χ0) is 25.1. The topological polar surface area (TPSA) is 75.5 Å². The average molecular weight is 487 g/mol. The number of ether oxygens (including phenoxy) is 1. The number of piperazine rings is 1. The molecule has 1 N–H and O–H groups in total. The van der Waals surface area contributed by atoms with Gasteiger partial charge in [0.25, 0.3) is 5.91 Å². The monoisotopic (exact) mass is 486 g/mol. The molecule has 1 saturated heterocycles. The zero-order valence-electron chi connectivity index (χ0n) is 20.2. The van der Waals surface area contributed by atoms with Gasteiger partial charge in [0, 0.05) is 37.9 Å². The molecule has 36 heavy (non-hydrogen) atoms. The second-order valence-electron chi connectivity index (χ2n) is 8.69. The highest BCUT2D eigenvalue weighted by molar-refractivity contribution is 6.08. The van der Waals surface area contributed by atoms with Gasteiger partial charge in [0.1, 0.15) is 23.1 Å².